The highest BCUT2D eigenvalue weighted by atomic mass is 16.7. The van der Waals surface area contributed by atoms with Crippen LogP contribution in [0.2, 0.25) is 0 Å². The van der Waals surface area contributed by atoms with Crippen molar-refractivity contribution in [2.75, 3.05) is 12.3 Å². The molecule has 1 saturated heterocycles. The van der Waals surface area contributed by atoms with Crippen LogP contribution in [0.4, 0.5) is 10.6 Å². The number of aromatic nitrogens is 3. The zero-order valence-corrected chi connectivity index (χ0v) is 16.4. The zero-order valence-electron chi connectivity index (χ0n) is 16.4. The average molecular weight is 399 g/mol. The SMILES string of the molecule is CC1CCC(OC(=O)OC[C@]2(C#N)CCC(c3ccc4c(N)ncnn34)O2)CC1. The normalized spacial score (nSPS) is 29.4. The molecular formula is C20H25N5O4. The summed E-state index contributed by atoms with van der Waals surface area (Å²) in [6.45, 7) is 2.04. The monoisotopic (exact) mass is 399 g/mol. The third-order valence-corrected chi connectivity index (χ3v) is 5.87. The van der Waals surface area contributed by atoms with Crippen molar-refractivity contribution >= 4 is 17.5 Å². The number of carbonyl (C=O) groups excluding carboxylic acids is 1. The van der Waals surface area contributed by atoms with E-state index in [1.807, 2.05) is 12.1 Å². The van der Waals surface area contributed by atoms with Crippen molar-refractivity contribution in [3.8, 4) is 6.07 Å². The van der Waals surface area contributed by atoms with Gasteiger partial charge in [-0.1, -0.05) is 6.92 Å². The third-order valence-electron chi connectivity index (χ3n) is 5.87. The largest absolute Gasteiger partial charge is 0.508 e. The minimum atomic E-state index is -1.20. The van der Waals surface area contributed by atoms with Crippen molar-refractivity contribution in [3.63, 3.8) is 0 Å². The molecule has 9 nitrogen and oxygen atoms in total. The lowest BCUT2D eigenvalue weighted by molar-refractivity contribution is -0.0633. The summed E-state index contributed by atoms with van der Waals surface area (Å²) in [5.41, 5.74) is 6.14. The zero-order chi connectivity index (χ0) is 20.4. The van der Waals surface area contributed by atoms with Gasteiger partial charge in [0, 0.05) is 0 Å². The number of anilines is 1. The third kappa shape index (κ3) is 3.98. The van der Waals surface area contributed by atoms with E-state index < -0.39 is 11.8 Å². The summed E-state index contributed by atoms with van der Waals surface area (Å²) < 4.78 is 18.4. The molecule has 0 aromatic carbocycles. The second kappa shape index (κ2) is 7.87. The summed E-state index contributed by atoms with van der Waals surface area (Å²) in [4.78, 5) is 16.1. The van der Waals surface area contributed by atoms with Crippen molar-refractivity contribution < 1.29 is 19.0 Å². The van der Waals surface area contributed by atoms with Gasteiger partial charge in [-0.05, 0) is 56.6 Å². The van der Waals surface area contributed by atoms with Gasteiger partial charge in [0.15, 0.2) is 11.4 Å². The molecule has 1 unspecified atom stereocenters. The number of hydrogen-bond acceptors (Lipinski definition) is 8. The Balaban J connectivity index is 1.37. The van der Waals surface area contributed by atoms with E-state index in [2.05, 4.69) is 23.1 Å². The maximum absolute atomic E-state index is 12.1. The lowest BCUT2D eigenvalue weighted by Gasteiger charge is -2.26. The van der Waals surface area contributed by atoms with Crippen molar-refractivity contribution in [2.45, 2.75) is 63.3 Å². The number of carbonyl (C=O) groups is 1. The Morgan fingerprint density at radius 2 is 2.17 bits per heavy atom. The molecule has 2 aliphatic rings. The van der Waals surface area contributed by atoms with Gasteiger partial charge in [0.2, 0.25) is 0 Å². The fourth-order valence-electron chi connectivity index (χ4n) is 4.09. The summed E-state index contributed by atoms with van der Waals surface area (Å²) in [7, 11) is 0. The van der Waals surface area contributed by atoms with Crippen LogP contribution < -0.4 is 5.73 Å². The predicted molar refractivity (Wildman–Crippen MR) is 103 cm³/mol. The first kappa shape index (κ1) is 19.5. The first-order valence-corrected chi connectivity index (χ1v) is 10.0. The number of nitrogens with two attached hydrogens (primary N) is 1. The van der Waals surface area contributed by atoms with Crippen LogP contribution in [0, 0.1) is 17.2 Å². The predicted octanol–water partition coefficient (Wildman–Crippen LogP) is 3.16. The lowest BCUT2D eigenvalue weighted by Crippen LogP contribution is -2.34. The Morgan fingerprint density at radius 1 is 1.38 bits per heavy atom. The van der Waals surface area contributed by atoms with Crippen LogP contribution in [0.25, 0.3) is 5.52 Å². The summed E-state index contributed by atoms with van der Waals surface area (Å²) in [5.74, 6) is 1.04. The van der Waals surface area contributed by atoms with E-state index in [9.17, 15) is 10.1 Å². The van der Waals surface area contributed by atoms with Crippen LogP contribution >= 0.6 is 0 Å². The topological polar surface area (TPSA) is 125 Å². The molecule has 0 amide bonds. The number of fused-ring (bicyclic) bond motifs is 1. The van der Waals surface area contributed by atoms with Gasteiger partial charge in [-0.15, -0.1) is 0 Å². The quantitative estimate of drug-likeness (QED) is 0.777. The molecular weight excluding hydrogens is 374 g/mol. The molecule has 29 heavy (non-hydrogen) atoms. The summed E-state index contributed by atoms with van der Waals surface area (Å²) in [5, 5.41) is 13.9. The maximum atomic E-state index is 12.1. The molecule has 2 fully saturated rings. The highest BCUT2D eigenvalue weighted by Gasteiger charge is 2.43. The molecule has 0 spiro atoms. The Kier molecular flexibility index (Phi) is 5.28. The van der Waals surface area contributed by atoms with E-state index in [0.717, 1.165) is 31.4 Å². The summed E-state index contributed by atoms with van der Waals surface area (Å²) in [6.07, 6.45) is 5.02. The highest BCUT2D eigenvalue weighted by molar-refractivity contribution is 5.65. The number of nitrogen functional groups attached to an aromatic ring is 1. The number of ether oxygens (including phenoxy) is 3. The van der Waals surface area contributed by atoms with Gasteiger partial charge in [0.25, 0.3) is 0 Å². The van der Waals surface area contributed by atoms with E-state index in [4.69, 9.17) is 19.9 Å². The van der Waals surface area contributed by atoms with E-state index in [-0.39, 0.29) is 18.8 Å². The molecule has 1 aliphatic heterocycles. The van der Waals surface area contributed by atoms with Crippen LogP contribution in [-0.2, 0) is 14.2 Å². The minimum absolute atomic E-state index is 0.105. The molecule has 9 heteroatoms. The van der Waals surface area contributed by atoms with Crippen LogP contribution in [0.5, 0.6) is 0 Å². The Bertz CT molecular complexity index is 931. The Hall–Kier alpha value is -2.86. The average Bonchev–Trinajstić information content (AvgIpc) is 3.34. The van der Waals surface area contributed by atoms with Crippen molar-refractivity contribution in [1.82, 2.24) is 14.6 Å². The smallest absolute Gasteiger partial charge is 0.431 e. The molecule has 0 radical (unpaired) electrons. The van der Waals surface area contributed by atoms with E-state index in [0.29, 0.717) is 30.1 Å². The van der Waals surface area contributed by atoms with Gasteiger partial charge in [0.05, 0.1) is 5.69 Å². The van der Waals surface area contributed by atoms with Gasteiger partial charge in [0.1, 0.15) is 36.7 Å². The van der Waals surface area contributed by atoms with Gasteiger partial charge in [-0.3, -0.25) is 0 Å². The van der Waals surface area contributed by atoms with Gasteiger partial charge >= 0.3 is 6.16 Å². The fraction of sp³-hybridized carbons (Fsp3) is 0.600. The summed E-state index contributed by atoms with van der Waals surface area (Å²) >= 11 is 0. The molecule has 1 saturated carbocycles. The second-order valence-corrected chi connectivity index (χ2v) is 7.99. The molecule has 2 atom stereocenters. The standard InChI is InChI=1S/C20H25N5O4/c1-13-2-4-14(5-3-13)28-19(26)27-11-20(10-21)9-8-17(29-20)15-6-7-16-18(22)23-12-24-25(15)16/h6-7,12-14,17H,2-5,8-9,11H2,1H3,(H2,22,23,24)/t13?,14?,17?,20-/m1/s1. The van der Waals surface area contributed by atoms with Gasteiger partial charge in [-0.2, -0.15) is 10.4 Å². The molecule has 2 aromatic heterocycles. The fourth-order valence-corrected chi connectivity index (χ4v) is 4.09. The van der Waals surface area contributed by atoms with Gasteiger partial charge in [-0.25, -0.2) is 14.3 Å². The minimum Gasteiger partial charge on any atom is -0.431 e. The molecule has 2 N–H and O–H groups in total. The first-order valence-electron chi connectivity index (χ1n) is 10.0. The van der Waals surface area contributed by atoms with Crippen LogP contribution in [-0.4, -0.2) is 39.1 Å². The second-order valence-electron chi connectivity index (χ2n) is 7.99. The highest BCUT2D eigenvalue weighted by Crippen LogP contribution is 2.40. The van der Waals surface area contributed by atoms with E-state index in [1.54, 1.807) is 4.52 Å². The van der Waals surface area contributed by atoms with Gasteiger partial charge < -0.3 is 19.9 Å². The van der Waals surface area contributed by atoms with Crippen molar-refractivity contribution in [2.24, 2.45) is 5.92 Å². The number of rotatable bonds is 4. The van der Waals surface area contributed by atoms with Crippen molar-refractivity contribution in [3.05, 3.63) is 24.2 Å². The molecule has 154 valence electrons. The van der Waals surface area contributed by atoms with Crippen LogP contribution in [0.1, 0.15) is 57.2 Å². The maximum Gasteiger partial charge on any atom is 0.508 e. The summed E-state index contributed by atoms with van der Waals surface area (Å²) in [6, 6.07) is 5.85. The molecule has 1 aliphatic carbocycles. The number of nitrogens with zero attached hydrogens (tertiary/aromatic N) is 4. The Morgan fingerprint density at radius 3 is 2.93 bits per heavy atom. The first-order chi connectivity index (χ1) is 14.0. The number of hydrogen-bond donors (Lipinski definition) is 1. The van der Waals surface area contributed by atoms with E-state index >= 15 is 0 Å². The molecule has 0 bridgehead atoms. The molecule has 4 rings (SSSR count). The number of nitriles is 1. The molecule has 2 aromatic rings. The lowest BCUT2D eigenvalue weighted by atomic mass is 9.89. The van der Waals surface area contributed by atoms with Crippen LogP contribution in [0.15, 0.2) is 18.5 Å². The van der Waals surface area contributed by atoms with Crippen LogP contribution in [0.3, 0.4) is 0 Å². The van der Waals surface area contributed by atoms with E-state index in [1.165, 1.54) is 6.33 Å². The van der Waals surface area contributed by atoms with Crippen molar-refractivity contribution in [1.29, 1.82) is 5.26 Å². The molecule has 3 heterocycles. The Labute approximate surface area is 168 Å².